The zero-order valence-electron chi connectivity index (χ0n) is 7.37. The van der Waals surface area contributed by atoms with E-state index in [2.05, 4.69) is 4.98 Å². The van der Waals surface area contributed by atoms with Crippen LogP contribution in [0.2, 0.25) is 0 Å². The Balaban J connectivity index is 3.30. The van der Waals surface area contributed by atoms with Gasteiger partial charge in [0, 0.05) is 6.07 Å². The van der Waals surface area contributed by atoms with Crippen molar-refractivity contribution < 1.29 is 14.6 Å². The van der Waals surface area contributed by atoms with Gasteiger partial charge in [-0.3, -0.25) is 0 Å². The number of methoxy groups -OCH3 is 1. The van der Waals surface area contributed by atoms with E-state index < -0.39 is 5.97 Å². The van der Waals surface area contributed by atoms with Gasteiger partial charge in [0.2, 0.25) is 0 Å². The summed E-state index contributed by atoms with van der Waals surface area (Å²) in [5.74, 6) is -0.680. The SMILES string of the molecule is COc1cc(C(=O)O)c(N)nc1C. The Hall–Kier alpha value is -1.78. The predicted octanol–water partition coefficient (Wildman–Crippen LogP) is 0.679. The topological polar surface area (TPSA) is 85.4 Å². The smallest absolute Gasteiger partial charge is 0.339 e. The third-order valence-corrected chi connectivity index (χ3v) is 1.65. The lowest BCUT2D eigenvalue weighted by atomic mass is 10.2. The lowest BCUT2D eigenvalue weighted by molar-refractivity contribution is 0.0697. The highest BCUT2D eigenvalue weighted by Gasteiger charge is 2.12. The summed E-state index contributed by atoms with van der Waals surface area (Å²) in [6.07, 6.45) is 0. The van der Waals surface area contributed by atoms with Gasteiger partial charge in [0.15, 0.2) is 0 Å². The molecule has 3 N–H and O–H groups in total. The standard InChI is InChI=1S/C8H10N2O3/c1-4-6(13-2)3-5(8(11)12)7(9)10-4/h3H,1-2H3,(H2,9,10)(H,11,12). The molecule has 1 heterocycles. The van der Waals surface area contributed by atoms with Crippen molar-refractivity contribution >= 4 is 11.8 Å². The number of aryl methyl sites for hydroxylation is 1. The van der Waals surface area contributed by atoms with Crippen molar-refractivity contribution in [1.29, 1.82) is 0 Å². The van der Waals surface area contributed by atoms with Gasteiger partial charge in [0.05, 0.1) is 12.8 Å². The minimum Gasteiger partial charge on any atom is -0.495 e. The van der Waals surface area contributed by atoms with E-state index >= 15 is 0 Å². The van der Waals surface area contributed by atoms with Crippen LogP contribution in [-0.4, -0.2) is 23.2 Å². The Morgan fingerprint density at radius 1 is 1.69 bits per heavy atom. The molecule has 1 aromatic rings. The molecular weight excluding hydrogens is 172 g/mol. The maximum absolute atomic E-state index is 10.6. The average molecular weight is 182 g/mol. The first-order valence-electron chi connectivity index (χ1n) is 3.60. The van der Waals surface area contributed by atoms with Gasteiger partial charge >= 0.3 is 5.97 Å². The highest BCUT2D eigenvalue weighted by atomic mass is 16.5. The maximum Gasteiger partial charge on any atom is 0.339 e. The van der Waals surface area contributed by atoms with Crippen molar-refractivity contribution in [1.82, 2.24) is 4.98 Å². The van der Waals surface area contributed by atoms with Gasteiger partial charge in [0.25, 0.3) is 0 Å². The molecule has 0 bridgehead atoms. The lowest BCUT2D eigenvalue weighted by Crippen LogP contribution is -2.06. The predicted molar refractivity (Wildman–Crippen MR) is 46.9 cm³/mol. The van der Waals surface area contributed by atoms with E-state index in [1.54, 1.807) is 6.92 Å². The highest BCUT2D eigenvalue weighted by Crippen LogP contribution is 2.20. The van der Waals surface area contributed by atoms with Crippen molar-refractivity contribution in [2.45, 2.75) is 6.92 Å². The second-order valence-corrected chi connectivity index (χ2v) is 2.51. The van der Waals surface area contributed by atoms with Gasteiger partial charge in [-0.15, -0.1) is 0 Å². The van der Waals surface area contributed by atoms with E-state index in [0.29, 0.717) is 11.4 Å². The number of carbonyl (C=O) groups is 1. The first-order valence-corrected chi connectivity index (χ1v) is 3.60. The number of carboxylic acid groups (broad SMARTS) is 1. The van der Waals surface area contributed by atoms with E-state index in [-0.39, 0.29) is 11.4 Å². The normalized spacial score (nSPS) is 9.69. The van der Waals surface area contributed by atoms with Crippen LogP contribution in [0.3, 0.4) is 0 Å². The molecule has 0 radical (unpaired) electrons. The summed E-state index contributed by atoms with van der Waals surface area (Å²) in [5, 5.41) is 8.70. The number of rotatable bonds is 2. The number of hydrogen-bond donors (Lipinski definition) is 2. The van der Waals surface area contributed by atoms with E-state index in [0.717, 1.165) is 0 Å². The van der Waals surface area contributed by atoms with E-state index in [1.807, 2.05) is 0 Å². The van der Waals surface area contributed by atoms with Crippen LogP contribution in [0.4, 0.5) is 5.82 Å². The summed E-state index contributed by atoms with van der Waals surface area (Å²) in [6.45, 7) is 1.70. The molecule has 0 unspecified atom stereocenters. The van der Waals surface area contributed by atoms with Crippen LogP contribution in [0.1, 0.15) is 16.1 Å². The molecule has 0 spiro atoms. The van der Waals surface area contributed by atoms with Crippen molar-refractivity contribution in [3.05, 3.63) is 17.3 Å². The molecule has 0 saturated heterocycles. The maximum atomic E-state index is 10.6. The monoisotopic (exact) mass is 182 g/mol. The van der Waals surface area contributed by atoms with Crippen LogP contribution in [0.5, 0.6) is 5.75 Å². The minimum absolute atomic E-state index is 0.00537. The fraction of sp³-hybridized carbons (Fsp3) is 0.250. The summed E-state index contributed by atoms with van der Waals surface area (Å²) in [5.41, 5.74) is 5.93. The quantitative estimate of drug-likeness (QED) is 0.702. The molecule has 5 nitrogen and oxygen atoms in total. The Morgan fingerprint density at radius 3 is 2.77 bits per heavy atom. The van der Waals surface area contributed by atoms with Crippen LogP contribution < -0.4 is 10.5 Å². The lowest BCUT2D eigenvalue weighted by Gasteiger charge is -2.06. The molecule has 5 heteroatoms. The third-order valence-electron chi connectivity index (χ3n) is 1.65. The molecule has 0 aliphatic heterocycles. The fourth-order valence-corrected chi connectivity index (χ4v) is 0.983. The second kappa shape index (κ2) is 3.30. The highest BCUT2D eigenvalue weighted by molar-refractivity contribution is 5.93. The summed E-state index contributed by atoms with van der Waals surface area (Å²) < 4.78 is 4.91. The summed E-state index contributed by atoms with van der Waals surface area (Å²) in [6, 6.07) is 1.36. The summed E-state index contributed by atoms with van der Waals surface area (Å²) in [7, 11) is 1.45. The van der Waals surface area contributed by atoms with Crippen LogP contribution >= 0.6 is 0 Å². The largest absolute Gasteiger partial charge is 0.495 e. The van der Waals surface area contributed by atoms with Crippen LogP contribution in [0.25, 0.3) is 0 Å². The van der Waals surface area contributed by atoms with Gasteiger partial charge in [-0.25, -0.2) is 9.78 Å². The number of nitrogens with two attached hydrogens (primary N) is 1. The Morgan fingerprint density at radius 2 is 2.31 bits per heavy atom. The molecule has 0 saturated carbocycles. The van der Waals surface area contributed by atoms with Crippen LogP contribution in [0, 0.1) is 6.92 Å². The van der Waals surface area contributed by atoms with Gasteiger partial charge < -0.3 is 15.6 Å². The number of aromatic carboxylic acids is 1. The number of ether oxygens (including phenoxy) is 1. The molecule has 1 rings (SSSR count). The number of aromatic nitrogens is 1. The zero-order chi connectivity index (χ0) is 10.0. The molecule has 0 aliphatic carbocycles. The molecule has 70 valence electrons. The van der Waals surface area contributed by atoms with Gasteiger partial charge in [-0.05, 0) is 6.92 Å². The molecule has 0 aromatic carbocycles. The number of nitrogens with zero attached hydrogens (tertiary/aromatic N) is 1. The van der Waals surface area contributed by atoms with Crippen molar-refractivity contribution in [2.75, 3.05) is 12.8 Å². The van der Waals surface area contributed by atoms with Crippen molar-refractivity contribution in [2.24, 2.45) is 0 Å². The third kappa shape index (κ3) is 1.69. The van der Waals surface area contributed by atoms with Crippen molar-refractivity contribution in [3.63, 3.8) is 0 Å². The molecule has 0 amide bonds. The van der Waals surface area contributed by atoms with Gasteiger partial charge in [-0.2, -0.15) is 0 Å². The second-order valence-electron chi connectivity index (χ2n) is 2.51. The Bertz CT molecular complexity index is 349. The first-order chi connectivity index (χ1) is 6.06. The number of hydrogen-bond acceptors (Lipinski definition) is 4. The van der Waals surface area contributed by atoms with Crippen molar-refractivity contribution in [3.8, 4) is 5.75 Å². The number of anilines is 1. The molecule has 0 fully saturated rings. The fourth-order valence-electron chi connectivity index (χ4n) is 0.983. The zero-order valence-corrected chi connectivity index (χ0v) is 7.37. The van der Waals surface area contributed by atoms with E-state index in [4.69, 9.17) is 15.6 Å². The van der Waals surface area contributed by atoms with Crippen LogP contribution in [-0.2, 0) is 0 Å². The molecule has 0 aliphatic rings. The number of pyridine rings is 1. The number of carboxylic acids is 1. The average Bonchev–Trinajstić information content (AvgIpc) is 2.03. The summed E-state index contributed by atoms with van der Waals surface area (Å²) in [4.78, 5) is 14.5. The summed E-state index contributed by atoms with van der Waals surface area (Å²) >= 11 is 0. The minimum atomic E-state index is -1.11. The Kier molecular flexibility index (Phi) is 2.36. The van der Waals surface area contributed by atoms with Gasteiger partial charge in [0.1, 0.15) is 17.1 Å². The van der Waals surface area contributed by atoms with E-state index in [1.165, 1.54) is 13.2 Å². The Labute approximate surface area is 75.2 Å². The number of nitrogen functional groups attached to an aromatic ring is 1. The van der Waals surface area contributed by atoms with Gasteiger partial charge in [-0.1, -0.05) is 0 Å². The molecule has 13 heavy (non-hydrogen) atoms. The molecular formula is C8H10N2O3. The molecule has 0 atom stereocenters. The molecule has 1 aromatic heterocycles. The first kappa shape index (κ1) is 9.31. The van der Waals surface area contributed by atoms with Crippen LogP contribution in [0.15, 0.2) is 6.07 Å². The van der Waals surface area contributed by atoms with E-state index in [9.17, 15) is 4.79 Å².